The third-order valence-corrected chi connectivity index (χ3v) is 5.70. The number of carbonyl (C=O) groups is 1. The van der Waals surface area contributed by atoms with E-state index in [4.69, 9.17) is 4.52 Å². The lowest BCUT2D eigenvalue weighted by molar-refractivity contribution is 0.261. The van der Waals surface area contributed by atoms with Crippen molar-refractivity contribution in [3.05, 3.63) is 41.1 Å². The molecule has 1 fully saturated rings. The summed E-state index contributed by atoms with van der Waals surface area (Å²) in [4.78, 5) is 12.4. The molecule has 3 rings (SSSR count). The van der Waals surface area contributed by atoms with Gasteiger partial charge in [0.2, 0.25) is 5.88 Å². The number of nitrogens with zero attached hydrogens (tertiary/aromatic N) is 1. The number of carbonyl (C=O) groups excluding carboxylic acids is 1. The third-order valence-electron chi connectivity index (χ3n) is 5.70. The highest BCUT2D eigenvalue weighted by atomic mass is 16.5. The summed E-state index contributed by atoms with van der Waals surface area (Å²) in [6, 6.07) is 8.01. The zero-order valence-corrected chi connectivity index (χ0v) is 17.2. The van der Waals surface area contributed by atoms with Crippen molar-refractivity contribution >= 4 is 17.6 Å². The van der Waals surface area contributed by atoms with E-state index in [1.165, 1.54) is 38.5 Å². The SMILES string of the molecule is Cc1noc(NC(=O)Nc2ccccc2CN[C@@H](C)CC2CCCCC2)c1C. The fraction of sp³-hybridized carbons (Fsp3) is 0.545. The van der Waals surface area contributed by atoms with Crippen LogP contribution in [0.3, 0.4) is 0 Å². The van der Waals surface area contributed by atoms with Crippen molar-refractivity contribution in [1.29, 1.82) is 0 Å². The molecule has 1 saturated carbocycles. The molecular weight excluding hydrogens is 352 g/mol. The number of urea groups is 1. The van der Waals surface area contributed by atoms with Gasteiger partial charge >= 0.3 is 6.03 Å². The average molecular weight is 385 g/mol. The molecule has 28 heavy (non-hydrogen) atoms. The summed E-state index contributed by atoms with van der Waals surface area (Å²) in [6.45, 7) is 6.70. The Hall–Kier alpha value is -2.34. The summed E-state index contributed by atoms with van der Waals surface area (Å²) in [5, 5.41) is 13.1. The number of anilines is 2. The minimum atomic E-state index is -0.332. The molecule has 0 saturated heterocycles. The number of hydrogen-bond donors (Lipinski definition) is 3. The molecule has 1 aliphatic rings. The zero-order chi connectivity index (χ0) is 19.9. The van der Waals surface area contributed by atoms with E-state index in [2.05, 4.69) is 28.0 Å². The van der Waals surface area contributed by atoms with E-state index in [1.807, 2.05) is 38.1 Å². The topological polar surface area (TPSA) is 79.2 Å². The fourth-order valence-corrected chi connectivity index (χ4v) is 3.88. The molecule has 0 radical (unpaired) electrons. The van der Waals surface area contributed by atoms with Crippen LogP contribution in [0.15, 0.2) is 28.8 Å². The van der Waals surface area contributed by atoms with Crippen molar-refractivity contribution in [1.82, 2.24) is 10.5 Å². The van der Waals surface area contributed by atoms with Crippen LogP contribution in [0.2, 0.25) is 0 Å². The molecule has 2 amide bonds. The van der Waals surface area contributed by atoms with Crippen LogP contribution in [0.25, 0.3) is 0 Å². The molecule has 152 valence electrons. The molecule has 6 nitrogen and oxygen atoms in total. The van der Waals surface area contributed by atoms with Crippen LogP contribution in [-0.2, 0) is 6.54 Å². The normalized spacial score (nSPS) is 16.0. The molecular formula is C22H32N4O2. The average Bonchev–Trinajstić information content (AvgIpc) is 3.00. The number of amides is 2. The van der Waals surface area contributed by atoms with Crippen molar-refractivity contribution in [3.8, 4) is 0 Å². The molecule has 0 aliphatic heterocycles. The Morgan fingerprint density at radius 2 is 1.93 bits per heavy atom. The molecule has 0 unspecified atom stereocenters. The highest BCUT2D eigenvalue weighted by molar-refractivity contribution is 5.99. The van der Waals surface area contributed by atoms with Crippen molar-refractivity contribution < 1.29 is 9.32 Å². The van der Waals surface area contributed by atoms with Gasteiger partial charge in [0.15, 0.2) is 0 Å². The predicted octanol–water partition coefficient (Wildman–Crippen LogP) is 5.38. The van der Waals surface area contributed by atoms with E-state index in [0.29, 0.717) is 11.9 Å². The van der Waals surface area contributed by atoms with Gasteiger partial charge in [-0.25, -0.2) is 4.79 Å². The molecule has 1 aromatic heterocycles. The maximum Gasteiger partial charge on any atom is 0.326 e. The van der Waals surface area contributed by atoms with Crippen LogP contribution in [-0.4, -0.2) is 17.2 Å². The number of para-hydroxylation sites is 1. The van der Waals surface area contributed by atoms with Crippen LogP contribution in [0.4, 0.5) is 16.4 Å². The first-order chi connectivity index (χ1) is 13.5. The minimum absolute atomic E-state index is 0.332. The van der Waals surface area contributed by atoms with Crippen LogP contribution in [0, 0.1) is 19.8 Å². The van der Waals surface area contributed by atoms with E-state index >= 15 is 0 Å². The lowest BCUT2D eigenvalue weighted by Crippen LogP contribution is -2.29. The van der Waals surface area contributed by atoms with Crippen LogP contribution in [0.1, 0.15) is 62.3 Å². The van der Waals surface area contributed by atoms with Gasteiger partial charge in [0.25, 0.3) is 0 Å². The maximum absolute atomic E-state index is 12.4. The standard InChI is InChI=1S/C22H32N4O2/c1-15(13-18-9-5-4-6-10-18)23-14-19-11-7-8-12-20(19)24-22(27)25-21-16(2)17(3)26-28-21/h7-8,11-12,15,18,23H,4-6,9-10,13-14H2,1-3H3,(H2,24,25,27)/t15-/m0/s1. The Morgan fingerprint density at radius 1 is 1.18 bits per heavy atom. The van der Waals surface area contributed by atoms with Crippen LogP contribution in [0.5, 0.6) is 0 Å². The number of nitrogens with one attached hydrogen (secondary N) is 3. The van der Waals surface area contributed by atoms with E-state index in [1.54, 1.807) is 0 Å². The summed E-state index contributed by atoms with van der Waals surface area (Å²) < 4.78 is 5.15. The van der Waals surface area contributed by atoms with Crippen molar-refractivity contribution in [2.75, 3.05) is 10.6 Å². The molecule has 1 heterocycles. The van der Waals surface area contributed by atoms with Gasteiger partial charge in [-0.2, -0.15) is 0 Å². The van der Waals surface area contributed by atoms with Crippen LogP contribution >= 0.6 is 0 Å². The zero-order valence-electron chi connectivity index (χ0n) is 17.2. The maximum atomic E-state index is 12.4. The second-order valence-corrected chi connectivity index (χ2v) is 7.98. The molecule has 2 aromatic rings. The number of aryl methyl sites for hydroxylation is 1. The van der Waals surface area contributed by atoms with E-state index in [0.717, 1.165) is 35.0 Å². The Balaban J connectivity index is 1.53. The lowest BCUT2D eigenvalue weighted by Gasteiger charge is -2.25. The van der Waals surface area contributed by atoms with Gasteiger partial charge < -0.3 is 15.2 Å². The van der Waals surface area contributed by atoms with E-state index in [9.17, 15) is 4.79 Å². The molecule has 6 heteroatoms. The number of rotatable bonds is 7. The predicted molar refractivity (Wildman–Crippen MR) is 113 cm³/mol. The number of hydrogen-bond acceptors (Lipinski definition) is 4. The van der Waals surface area contributed by atoms with Crippen molar-refractivity contribution in [2.24, 2.45) is 5.92 Å². The van der Waals surface area contributed by atoms with Gasteiger partial charge in [-0.05, 0) is 44.7 Å². The quantitative estimate of drug-likeness (QED) is 0.598. The van der Waals surface area contributed by atoms with Gasteiger partial charge in [-0.1, -0.05) is 55.5 Å². The summed E-state index contributed by atoms with van der Waals surface area (Å²) in [5.74, 6) is 1.23. The van der Waals surface area contributed by atoms with Crippen LogP contribution < -0.4 is 16.0 Å². The monoisotopic (exact) mass is 384 g/mol. The van der Waals surface area contributed by atoms with Gasteiger partial charge in [0.1, 0.15) is 0 Å². The Morgan fingerprint density at radius 3 is 2.64 bits per heavy atom. The van der Waals surface area contributed by atoms with Gasteiger partial charge in [-0.3, -0.25) is 5.32 Å². The largest absolute Gasteiger partial charge is 0.338 e. The second kappa shape index (κ2) is 9.73. The number of aromatic nitrogens is 1. The second-order valence-electron chi connectivity index (χ2n) is 7.98. The van der Waals surface area contributed by atoms with Crippen molar-refractivity contribution in [2.45, 2.75) is 71.9 Å². The molecule has 0 bridgehead atoms. The summed E-state index contributed by atoms with van der Waals surface area (Å²) in [6.07, 6.45) is 8.11. The van der Waals surface area contributed by atoms with Gasteiger partial charge in [0, 0.05) is 23.8 Å². The summed E-state index contributed by atoms with van der Waals surface area (Å²) >= 11 is 0. The molecule has 1 atom stereocenters. The highest BCUT2D eigenvalue weighted by Gasteiger charge is 2.17. The first kappa shape index (κ1) is 20.4. The number of benzene rings is 1. The first-order valence-electron chi connectivity index (χ1n) is 10.3. The van der Waals surface area contributed by atoms with Crippen molar-refractivity contribution in [3.63, 3.8) is 0 Å². The fourth-order valence-electron chi connectivity index (χ4n) is 3.88. The summed E-state index contributed by atoms with van der Waals surface area (Å²) in [7, 11) is 0. The summed E-state index contributed by atoms with van der Waals surface area (Å²) in [5.41, 5.74) is 3.47. The minimum Gasteiger partial charge on any atom is -0.338 e. The Bertz CT molecular complexity index is 781. The molecule has 0 spiro atoms. The lowest BCUT2D eigenvalue weighted by atomic mass is 9.85. The Labute approximate surface area is 167 Å². The third kappa shape index (κ3) is 5.58. The van der Waals surface area contributed by atoms with Gasteiger partial charge in [0.05, 0.1) is 5.69 Å². The molecule has 1 aromatic carbocycles. The first-order valence-corrected chi connectivity index (χ1v) is 10.3. The van der Waals surface area contributed by atoms with E-state index < -0.39 is 0 Å². The highest BCUT2D eigenvalue weighted by Crippen LogP contribution is 2.27. The molecule has 1 aliphatic carbocycles. The molecule has 3 N–H and O–H groups in total. The Kier molecular flexibility index (Phi) is 7.09. The van der Waals surface area contributed by atoms with Gasteiger partial charge in [-0.15, -0.1) is 0 Å². The smallest absolute Gasteiger partial charge is 0.326 e. The van der Waals surface area contributed by atoms with E-state index in [-0.39, 0.29) is 6.03 Å².